The van der Waals surface area contributed by atoms with Crippen molar-refractivity contribution in [3.05, 3.63) is 32.7 Å². The standard InChI is InChI=1S/C16H23N3O3/c1-10(20)7-8-19(4)15(21)6-5-13-11(2)14(9-17)16(22)18-12(13)3/h10,20H,5-8H2,1-4H3,(H,18,22). The summed E-state index contributed by atoms with van der Waals surface area (Å²) >= 11 is 0. The fraction of sp³-hybridized carbons (Fsp3) is 0.562. The number of aliphatic hydroxyl groups is 1. The molecule has 1 unspecified atom stereocenters. The molecule has 1 rings (SSSR count). The molecule has 1 aromatic heterocycles. The molecule has 0 spiro atoms. The van der Waals surface area contributed by atoms with Gasteiger partial charge in [-0.25, -0.2) is 0 Å². The molecule has 0 bridgehead atoms. The smallest absolute Gasteiger partial charge is 0.266 e. The average Bonchev–Trinajstić information content (AvgIpc) is 2.44. The van der Waals surface area contributed by atoms with Gasteiger partial charge in [-0.05, 0) is 44.7 Å². The van der Waals surface area contributed by atoms with Crippen molar-refractivity contribution in [3.63, 3.8) is 0 Å². The number of nitriles is 1. The van der Waals surface area contributed by atoms with Crippen LogP contribution in [0.2, 0.25) is 0 Å². The monoisotopic (exact) mass is 305 g/mol. The lowest BCUT2D eigenvalue weighted by atomic mass is 9.99. The second-order valence-corrected chi connectivity index (χ2v) is 5.62. The highest BCUT2D eigenvalue weighted by molar-refractivity contribution is 5.76. The summed E-state index contributed by atoms with van der Waals surface area (Å²) in [6.07, 6.45) is 0.880. The third-order valence-electron chi connectivity index (χ3n) is 3.82. The van der Waals surface area contributed by atoms with Crippen LogP contribution in [0.25, 0.3) is 0 Å². The van der Waals surface area contributed by atoms with Gasteiger partial charge in [0.15, 0.2) is 0 Å². The molecule has 0 aliphatic rings. The molecule has 0 saturated carbocycles. The number of aromatic nitrogens is 1. The minimum absolute atomic E-state index is 0.0239. The summed E-state index contributed by atoms with van der Waals surface area (Å²) in [6, 6.07) is 1.91. The van der Waals surface area contributed by atoms with E-state index in [0.717, 1.165) is 5.56 Å². The third-order valence-corrected chi connectivity index (χ3v) is 3.82. The van der Waals surface area contributed by atoms with Gasteiger partial charge in [-0.3, -0.25) is 9.59 Å². The van der Waals surface area contributed by atoms with E-state index in [4.69, 9.17) is 5.26 Å². The highest BCUT2D eigenvalue weighted by Crippen LogP contribution is 2.15. The van der Waals surface area contributed by atoms with Crippen LogP contribution in [0.1, 0.15) is 42.1 Å². The number of nitrogens with one attached hydrogen (secondary N) is 1. The van der Waals surface area contributed by atoms with Crippen LogP contribution >= 0.6 is 0 Å². The molecule has 0 saturated heterocycles. The molecule has 0 radical (unpaired) electrons. The van der Waals surface area contributed by atoms with Gasteiger partial charge in [0.05, 0.1) is 6.10 Å². The number of hydrogen-bond donors (Lipinski definition) is 2. The fourth-order valence-electron chi connectivity index (χ4n) is 2.35. The summed E-state index contributed by atoms with van der Waals surface area (Å²) in [5.41, 5.74) is 1.90. The molecule has 1 heterocycles. The number of aryl methyl sites for hydroxylation is 1. The van der Waals surface area contributed by atoms with Gasteiger partial charge in [0, 0.05) is 25.7 Å². The molecule has 0 aliphatic heterocycles. The van der Waals surface area contributed by atoms with Crippen LogP contribution in [-0.4, -0.2) is 40.6 Å². The minimum atomic E-state index is -0.433. The maximum Gasteiger partial charge on any atom is 0.266 e. The number of pyridine rings is 1. The normalized spacial score (nSPS) is 11.8. The Labute approximate surface area is 130 Å². The van der Waals surface area contributed by atoms with Crippen LogP contribution < -0.4 is 5.56 Å². The summed E-state index contributed by atoms with van der Waals surface area (Å²) in [4.78, 5) is 28.0. The van der Waals surface area contributed by atoms with Gasteiger partial charge < -0.3 is 15.0 Å². The van der Waals surface area contributed by atoms with E-state index in [2.05, 4.69) is 4.98 Å². The topological polar surface area (TPSA) is 97.2 Å². The average molecular weight is 305 g/mol. The number of H-pyrrole nitrogens is 1. The number of hydrogen-bond acceptors (Lipinski definition) is 4. The van der Waals surface area contributed by atoms with Gasteiger partial charge in [0.25, 0.3) is 5.56 Å². The van der Waals surface area contributed by atoms with Crippen molar-refractivity contribution in [1.82, 2.24) is 9.88 Å². The van der Waals surface area contributed by atoms with Crippen LogP contribution in [-0.2, 0) is 11.2 Å². The number of aromatic amines is 1. The van der Waals surface area contributed by atoms with E-state index < -0.39 is 6.10 Å². The van der Waals surface area contributed by atoms with Crippen molar-refractivity contribution < 1.29 is 9.90 Å². The highest BCUT2D eigenvalue weighted by Gasteiger charge is 2.15. The Morgan fingerprint density at radius 3 is 2.64 bits per heavy atom. The molecule has 2 N–H and O–H groups in total. The largest absolute Gasteiger partial charge is 0.393 e. The van der Waals surface area contributed by atoms with Crippen LogP contribution in [0.15, 0.2) is 4.79 Å². The molecule has 6 nitrogen and oxygen atoms in total. The maximum atomic E-state index is 12.1. The summed E-state index contributed by atoms with van der Waals surface area (Å²) in [7, 11) is 1.71. The van der Waals surface area contributed by atoms with Crippen LogP contribution in [0.4, 0.5) is 0 Å². The molecular formula is C16H23N3O3. The highest BCUT2D eigenvalue weighted by atomic mass is 16.3. The zero-order valence-electron chi connectivity index (χ0n) is 13.6. The molecule has 120 valence electrons. The molecule has 1 aromatic rings. The molecule has 22 heavy (non-hydrogen) atoms. The molecule has 0 fully saturated rings. The third kappa shape index (κ3) is 4.43. The van der Waals surface area contributed by atoms with Gasteiger partial charge >= 0.3 is 0 Å². The quantitative estimate of drug-likeness (QED) is 0.820. The first-order chi connectivity index (χ1) is 10.3. The molecule has 0 aliphatic carbocycles. The first kappa shape index (κ1) is 17.9. The van der Waals surface area contributed by atoms with Crippen molar-refractivity contribution in [2.75, 3.05) is 13.6 Å². The first-order valence-corrected chi connectivity index (χ1v) is 7.32. The Bertz CT molecular complexity index is 641. The Balaban J connectivity index is 2.79. The van der Waals surface area contributed by atoms with Crippen molar-refractivity contribution in [2.45, 2.75) is 46.1 Å². The van der Waals surface area contributed by atoms with E-state index in [0.29, 0.717) is 37.1 Å². The fourth-order valence-corrected chi connectivity index (χ4v) is 2.35. The molecule has 1 atom stereocenters. The predicted molar refractivity (Wildman–Crippen MR) is 83.5 cm³/mol. The zero-order valence-corrected chi connectivity index (χ0v) is 13.6. The van der Waals surface area contributed by atoms with Crippen molar-refractivity contribution in [2.24, 2.45) is 0 Å². The molecule has 6 heteroatoms. The lowest BCUT2D eigenvalue weighted by molar-refractivity contribution is -0.130. The Morgan fingerprint density at radius 1 is 1.45 bits per heavy atom. The second-order valence-electron chi connectivity index (χ2n) is 5.62. The van der Waals surface area contributed by atoms with Gasteiger partial charge in [-0.15, -0.1) is 0 Å². The summed E-state index contributed by atoms with van der Waals surface area (Å²) in [5.74, 6) is -0.0239. The number of rotatable bonds is 6. The van der Waals surface area contributed by atoms with E-state index in [1.54, 1.807) is 32.7 Å². The van der Waals surface area contributed by atoms with Crippen LogP contribution in [0.3, 0.4) is 0 Å². The van der Waals surface area contributed by atoms with Crippen molar-refractivity contribution in [1.29, 1.82) is 5.26 Å². The van der Waals surface area contributed by atoms with E-state index in [1.807, 2.05) is 6.07 Å². The Morgan fingerprint density at radius 2 is 2.09 bits per heavy atom. The Hall–Kier alpha value is -2.13. The minimum Gasteiger partial charge on any atom is -0.393 e. The van der Waals surface area contributed by atoms with Crippen LogP contribution in [0, 0.1) is 25.2 Å². The van der Waals surface area contributed by atoms with E-state index >= 15 is 0 Å². The van der Waals surface area contributed by atoms with E-state index in [-0.39, 0.29) is 17.0 Å². The first-order valence-electron chi connectivity index (χ1n) is 7.32. The van der Waals surface area contributed by atoms with Gasteiger partial charge in [-0.2, -0.15) is 5.26 Å². The lowest BCUT2D eigenvalue weighted by Crippen LogP contribution is -2.29. The summed E-state index contributed by atoms with van der Waals surface area (Å²) in [6.45, 7) is 5.70. The number of nitrogens with zero attached hydrogens (tertiary/aromatic N) is 2. The van der Waals surface area contributed by atoms with Gasteiger partial charge in [0.2, 0.25) is 5.91 Å². The summed E-state index contributed by atoms with van der Waals surface area (Å²) < 4.78 is 0. The van der Waals surface area contributed by atoms with Crippen molar-refractivity contribution >= 4 is 5.91 Å². The SMILES string of the molecule is Cc1[nH]c(=O)c(C#N)c(C)c1CCC(=O)N(C)CCC(C)O. The maximum absolute atomic E-state index is 12.1. The van der Waals surface area contributed by atoms with E-state index in [9.17, 15) is 14.7 Å². The number of carbonyl (C=O) groups excluding carboxylic acids is 1. The number of amides is 1. The number of carbonyl (C=O) groups is 1. The molecule has 0 aromatic carbocycles. The number of aliphatic hydroxyl groups excluding tert-OH is 1. The van der Waals surface area contributed by atoms with E-state index in [1.165, 1.54) is 0 Å². The Kier molecular flexibility index (Phi) is 6.32. The molecular weight excluding hydrogens is 282 g/mol. The zero-order chi connectivity index (χ0) is 16.9. The van der Waals surface area contributed by atoms with Crippen LogP contribution in [0.5, 0.6) is 0 Å². The van der Waals surface area contributed by atoms with Gasteiger partial charge in [-0.1, -0.05) is 0 Å². The second kappa shape index (κ2) is 7.76. The lowest BCUT2D eigenvalue weighted by Gasteiger charge is -2.18. The van der Waals surface area contributed by atoms with Gasteiger partial charge in [0.1, 0.15) is 11.6 Å². The molecule has 1 amide bonds. The predicted octanol–water partition coefficient (Wildman–Crippen LogP) is 1.03. The van der Waals surface area contributed by atoms with Crippen molar-refractivity contribution in [3.8, 4) is 6.07 Å². The summed E-state index contributed by atoms with van der Waals surface area (Å²) in [5, 5.41) is 18.3.